The van der Waals surface area contributed by atoms with E-state index in [1.54, 1.807) is 0 Å². The summed E-state index contributed by atoms with van der Waals surface area (Å²) in [4.78, 5) is 29.3. The van der Waals surface area contributed by atoms with Gasteiger partial charge in [0.25, 0.3) is 5.91 Å². The minimum atomic E-state index is -0.0192. The highest BCUT2D eigenvalue weighted by atomic mass is 16.5. The van der Waals surface area contributed by atoms with E-state index in [0.29, 0.717) is 44.9 Å². The number of nitrogens with one attached hydrogen (secondary N) is 1. The van der Waals surface area contributed by atoms with Gasteiger partial charge < -0.3 is 19.7 Å². The maximum Gasteiger partial charge on any atom is 0.253 e. The molecule has 0 bridgehead atoms. The van der Waals surface area contributed by atoms with Crippen molar-refractivity contribution in [1.82, 2.24) is 9.80 Å². The van der Waals surface area contributed by atoms with Gasteiger partial charge >= 0.3 is 0 Å². The molecule has 2 heterocycles. The van der Waals surface area contributed by atoms with Gasteiger partial charge in [-0.25, -0.2) is 0 Å². The molecule has 0 saturated carbocycles. The van der Waals surface area contributed by atoms with Crippen LogP contribution in [0, 0.1) is 0 Å². The smallest absolute Gasteiger partial charge is 0.253 e. The normalized spacial score (nSPS) is 18.8. The van der Waals surface area contributed by atoms with Crippen molar-refractivity contribution >= 4 is 17.5 Å². The molecule has 7 heteroatoms. The predicted octanol–water partition coefficient (Wildman–Crippen LogP) is 3.20. The van der Waals surface area contributed by atoms with Crippen LogP contribution in [0.5, 0.6) is 5.75 Å². The first kappa shape index (κ1) is 23.3. The standard InChI is InChI=1S/C26H33N3O4/c1-2-20-6-3-4-8-24(20)27-25(30)18-28-13-15-29(16-14-28)26(31)21-9-11-22(12-10-21)33-19-23-7-5-17-32-23/h3-4,6,8-12,23H,2,5,7,13-19H2,1H3,(H,27,30)/t23-/m0/s1. The first-order valence-electron chi connectivity index (χ1n) is 11.9. The van der Waals surface area contributed by atoms with E-state index in [-0.39, 0.29) is 17.9 Å². The van der Waals surface area contributed by atoms with Crippen LogP contribution in [-0.4, -0.2) is 73.7 Å². The maximum atomic E-state index is 12.9. The number of para-hydroxylation sites is 1. The van der Waals surface area contributed by atoms with Gasteiger partial charge in [0, 0.05) is 44.0 Å². The Morgan fingerprint density at radius 1 is 1.06 bits per heavy atom. The Bertz CT molecular complexity index is 933. The number of carbonyl (C=O) groups is 2. The summed E-state index contributed by atoms with van der Waals surface area (Å²) in [5.74, 6) is 0.749. The average Bonchev–Trinajstić information content (AvgIpc) is 3.37. The highest BCUT2D eigenvalue weighted by molar-refractivity contribution is 5.94. The van der Waals surface area contributed by atoms with Crippen LogP contribution >= 0.6 is 0 Å². The number of hydrogen-bond acceptors (Lipinski definition) is 5. The highest BCUT2D eigenvalue weighted by Gasteiger charge is 2.23. The number of hydrogen-bond donors (Lipinski definition) is 1. The van der Waals surface area contributed by atoms with E-state index in [2.05, 4.69) is 17.1 Å². The molecule has 176 valence electrons. The average molecular weight is 452 g/mol. The molecule has 2 aliphatic heterocycles. The molecular formula is C26H33N3O4. The lowest BCUT2D eigenvalue weighted by Crippen LogP contribution is -2.50. The SMILES string of the molecule is CCc1ccccc1NC(=O)CN1CCN(C(=O)c2ccc(OC[C@@H]3CCCO3)cc2)CC1. The molecule has 1 atom stereocenters. The Kier molecular flexibility index (Phi) is 7.96. The molecule has 0 unspecified atom stereocenters. The zero-order valence-corrected chi connectivity index (χ0v) is 19.3. The van der Waals surface area contributed by atoms with Crippen molar-refractivity contribution in [3.63, 3.8) is 0 Å². The summed E-state index contributed by atoms with van der Waals surface area (Å²) in [7, 11) is 0. The molecule has 0 spiro atoms. The van der Waals surface area contributed by atoms with E-state index in [1.807, 2.05) is 53.4 Å². The number of rotatable bonds is 8. The van der Waals surface area contributed by atoms with E-state index >= 15 is 0 Å². The molecule has 0 aliphatic carbocycles. The molecule has 2 amide bonds. The Hall–Kier alpha value is -2.90. The van der Waals surface area contributed by atoms with Gasteiger partial charge in [-0.15, -0.1) is 0 Å². The van der Waals surface area contributed by atoms with Crippen LogP contribution in [0.2, 0.25) is 0 Å². The van der Waals surface area contributed by atoms with E-state index in [0.717, 1.165) is 42.9 Å². The van der Waals surface area contributed by atoms with Gasteiger partial charge in [-0.05, 0) is 55.2 Å². The summed E-state index contributed by atoms with van der Waals surface area (Å²) in [6.07, 6.45) is 3.17. The second-order valence-electron chi connectivity index (χ2n) is 8.60. The third-order valence-electron chi connectivity index (χ3n) is 6.26. The minimum absolute atomic E-state index is 0.0154. The topological polar surface area (TPSA) is 71.1 Å². The predicted molar refractivity (Wildman–Crippen MR) is 128 cm³/mol. The van der Waals surface area contributed by atoms with Crippen LogP contribution in [0.4, 0.5) is 5.69 Å². The van der Waals surface area contributed by atoms with Crippen molar-refractivity contribution in [2.75, 3.05) is 51.3 Å². The first-order valence-corrected chi connectivity index (χ1v) is 11.9. The van der Waals surface area contributed by atoms with E-state index in [9.17, 15) is 9.59 Å². The Balaban J connectivity index is 1.22. The number of nitrogens with zero attached hydrogens (tertiary/aromatic N) is 2. The molecule has 0 aromatic heterocycles. The Morgan fingerprint density at radius 3 is 2.52 bits per heavy atom. The van der Waals surface area contributed by atoms with Gasteiger partial charge in [0.15, 0.2) is 0 Å². The molecule has 4 rings (SSSR count). The van der Waals surface area contributed by atoms with Crippen LogP contribution in [0.1, 0.15) is 35.7 Å². The van der Waals surface area contributed by atoms with Crippen molar-refractivity contribution in [2.45, 2.75) is 32.3 Å². The molecule has 7 nitrogen and oxygen atoms in total. The molecule has 2 aliphatic rings. The first-order chi connectivity index (χ1) is 16.1. The Labute approximate surface area is 195 Å². The van der Waals surface area contributed by atoms with Gasteiger partial charge in [-0.3, -0.25) is 14.5 Å². The minimum Gasteiger partial charge on any atom is -0.491 e. The second kappa shape index (κ2) is 11.3. The van der Waals surface area contributed by atoms with Crippen LogP contribution in [0.15, 0.2) is 48.5 Å². The van der Waals surface area contributed by atoms with Crippen molar-refractivity contribution in [3.05, 3.63) is 59.7 Å². The maximum absolute atomic E-state index is 12.9. The Morgan fingerprint density at radius 2 is 1.82 bits per heavy atom. The lowest BCUT2D eigenvalue weighted by molar-refractivity contribution is -0.117. The van der Waals surface area contributed by atoms with Crippen molar-refractivity contribution in [3.8, 4) is 5.75 Å². The van der Waals surface area contributed by atoms with Crippen LogP contribution in [-0.2, 0) is 16.0 Å². The number of piperazine rings is 1. The third kappa shape index (κ3) is 6.33. The fourth-order valence-corrected chi connectivity index (χ4v) is 4.29. The van der Waals surface area contributed by atoms with E-state index < -0.39 is 0 Å². The third-order valence-corrected chi connectivity index (χ3v) is 6.26. The van der Waals surface area contributed by atoms with Crippen LogP contribution in [0.25, 0.3) is 0 Å². The zero-order chi connectivity index (χ0) is 23.0. The largest absolute Gasteiger partial charge is 0.491 e. The highest BCUT2D eigenvalue weighted by Crippen LogP contribution is 2.18. The van der Waals surface area contributed by atoms with Crippen molar-refractivity contribution in [2.24, 2.45) is 0 Å². The number of carbonyl (C=O) groups excluding carboxylic acids is 2. The molecule has 33 heavy (non-hydrogen) atoms. The zero-order valence-electron chi connectivity index (χ0n) is 19.3. The fourth-order valence-electron chi connectivity index (χ4n) is 4.29. The quantitative estimate of drug-likeness (QED) is 0.667. The molecule has 2 aromatic carbocycles. The monoisotopic (exact) mass is 451 g/mol. The summed E-state index contributed by atoms with van der Waals surface area (Å²) in [6, 6.07) is 15.2. The van der Waals surface area contributed by atoms with E-state index in [4.69, 9.17) is 9.47 Å². The van der Waals surface area contributed by atoms with Crippen molar-refractivity contribution in [1.29, 1.82) is 0 Å². The lowest BCUT2D eigenvalue weighted by Gasteiger charge is -2.34. The molecule has 2 aromatic rings. The fraction of sp³-hybridized carbons (Fsp3) is 0.462. The summed E-state index contributed by atoms with van der Waals surface area (Å²) in [6.45, 7) is 6.33. The second-order valence-corrected chi connectivity index (χ2v) is 8.60. The molecular weight excluding hydrogens is 418 g/mol. The summed E-state index contributed by atoms with van der Waals surface area (Å²) < 4.78 is 11.4. The number of benzene rings is 2. The number of anilines is 1. The number of aryl methyl sites for hydroxylation is 1. The van der Waals surface area contributed by atoms with Gasteiger partial charge in [0.05, 0.1) is 12.6 Å². The molecule has 1 N–H and O–H groups in total. The summed E-state index contributed by atoms with van der Waals surface area (Å²) in [5.41, 5.74) is 2.66. The lowest BCUT2D eigenvalue weighted by atomic mass is 10.1. The van der Waals surface area contributed by atoms with Gasteiger partial charge in [-0.2, -0.15) is 0 Å². The number of ether oxygens (including phenoxy) is 2. The van der Waals surface area contributed by atoms with Gasteiger partial charge in [-0.1, -0.05) is 25.1 Å². The van der Waals surface area contributed by atoms with Crippen LogP contribution < -0.4 is 10.1 Å². The molecule has 0 radical (unpaired) electrons. The van der Waals surface area contributed by atoms with E-state index in [1.165, 1.54) is 0 Å². The molecule has 2 saturated heterocycles. The summed E-state index contributed by atoms with van der Waals surface area (Å²) in [5, 5.41) is 3.02. The van der Waals surface area contributed by atoms with Crippen molar-refractivity contribution < 1.29 is 19.1 Å². The van der Waals surface area contributed by atoms with Gasteiger partial charge in [0.2, 0.25) is 5.91 Å². The summed E-state index contributed by atoms with van der Waals surface area (Å²) >= 11 is 0. The number of amides is 2. The molecule has 2 fully saturated rings. The van der Waals surface area contributed by atoms with Crippen LogP contribution in [0.3, 0.4) is 0 Å². The van der Waals surface area contributed by atoms with Gasteiger partial charge in [0.1, 0.15) is 12.4 Å².